The Labute approximate surface area is 207 Å². The Morgan fingerprint density at radius 2 is 1.74 bits per heavy atom. The number of fused-ring (bicyclic) bond motifs is 1. The second-order valence-corrected chi connectivity index (χ2v) is 12.0. The first-order chi connectivity index (χ1) is 16.5. The number of hydrogen-bond acceptors (Lipinski definition) is 5. The fraction of sp³-hybridized carbons (Fsp3) is 0.321. The number of rotatable bonds is 6. The van der Waals surface area contributed by atoms with E-state index in [1.807, 2.05) is 42.5 Å². The number of Topliss-reactive ketones (excluding diaryl/α,β-unsaturated/α-hetero) is 1. The lowest BCUT2D eigenvalue weighted by Crippen LogP contribution is -2.22. The van der Waals surface area contributed by atoms with Gasteiger partial charge in [0.1, 0.15) is 5.78 Å². The van der Waals surface area contributed by atoms with Crippen LogP contribution in [0.4, 0.5) is 0 Å². The fourth-order valence-corrected chi connectivity index (χ4v) is 5.40. The molecule has 0 atom stereocenters. The molecule has 0 unspecified atom stereocenters. The second kappa shape index (κ2) is 8.21. The molecule has 1 fully saturated rings. The third-order valence-electron chi connectivity index (χ3n) is 6.94. The molecule has 0 spiro atoms. The summed E-state index contributed by atoms with van der Waals surface area (Å²) in [6, 6.07) is 18.5. The highest BCUT2D eigenvalue weighted by molar-refractivity contribution is 7.89. The number of primary sulfonamides is 1. The van der Waals surface area contributed by atoms with E-state index in [-0.39, 0.29) is 24.3 Å². The zero-order valence-corrected chi connectivity index (χ0v) is 20.9. The molecule has 184 valence electrons. The van der Waals surface area contributed by atoms with Crippen LogP contribution in [0.15, 0.2) is 65.6 Å². The van der Waals surface area contributed by atoms with Crippen LogP contribution in [0, 0.1) is 0 Å². The molecule has 1 aliphatic heterocycles. The van der Waals surface area contributed by atoms with Crippen LogP contribution < -0.4 is 14.6 Å². The van der Waals surface area contributed by atoms with E-state index in [2.05, 4.69) is 20.8 Å². The van der Waals surface area contributed by atoms with E-state index < -0.39 is 15.4 Å². The van der Waals surface area contributed by atoms with Crippen LogP contribution in [0.5, 0.6) is 11.5 Å². The molecule has 0 aromatic heterocycles. The summed E-state index contributed by atoms with van der Waals surface area (Å²) >= 11 is 0. The van der Waals surface area contributed by atoms with Crippen LogP contribution in [0.1, 0.15) is 51.7 Å². The number of carbonyl (C=O) groups is 1. The Balaban J connectivity index is 0.00000304. The van der Waals surface area contributed by atoms with Crippen molar-refractivity contribution in [3.8, 4) is 22.6 Å². The molecular formula is C28H31NO5S. The first-order valence-electron chi connectivity index (χ1n) is 11.7. The van der Waals surface area contributed by atoms with E-state index in [9.17, 15) is 13.2 Å². The Bertz CT molecular complexity index is 1440. The molecule has 0 amide bonds. The lowest BCUT2D eigenvalue weighted by Gasteiger charge is -2.24. The van der Waals surface area contributed by atoms with Crippen molar-refractivity contribution in [1.29, 1.82) is 0 Å². The molecular weight excluding hydrogens is 462 g/mol. The van der Waals surface area contributed by atoms with Gasteiger partial charge >= 0.3 is 0 Å². The zero-order chi connectivity index (χ0) is 25.0. The highest BCUT2D eigenvalue weighted by Crippen LogP contribution is 2.51. The van der Waals surface area contributed by atoms with Gasteiger partial charge in [0.05, 0.1) is 10.3 Å². The maximum atomic E-state index is 13.5. The van der Waals surface area contributed by atoms with Crippen LogP contribution in [-0.4, -0.2) is 21.0 Å². The molecule has 0 saturated heterocycles. The second-order valence-electron chi connectivity index (χ2n) is 10.5. The van der Waals surface area contributed by atoms with Crippen molar-refractivity contribution in [2.75, 3.05) is 6.79 Å². The monoisotopic (exact) mass is 493 g/mol. The van der Waals surface area contributed by atoms with Gasteiger partial charge in [0, 0.05) is 7.85 Å². The lowest BCUT2D eigenvalue weighted by atomic mass is 9.80. The van der Waals surface area contributed by atoms with Gasteiger partial charge < -0.3 is 9.47 Å². The van der Waals surface area contributed by atoms with Crippen molar-refractivity contribution < 1.29 is 24.1 Å². The van der Waals surface area contributed by atoms with E-state index >= 15 is 0 Å². The van der Waals surface area contributed by atoms with Crippen molar-refractivity contribution in [2.24, 2.45) is 5.14 Å². The molecule has 5 rings (SSSR count). The predicted octanol–water partition coefficient (Wildman–Crippen LogP) is 5.12. The van der Waals surface area contributed by atoms with Gasteiger partial charge in [0.2, 0.25) is 16.8 Å². The minimum Gasteiger partial charge on any atom is -0.454 e. The Kier molecular flexibility index (Phi) is 5.53. The van der Waals surface area contributed by atoms with E-state index in [1.54, 1.807) is 12.1 Å². The number of nitrogens with two attached hydrogens (primary N) is 1. The molecule has 7 heteroatoms. The summed E-state index contributed by atoms with van der Waals surface area (Å²) in [5.41, 5.74) is 3.92. The number of benzene rings is 3. The van der Waals surface area contributed by atoms with E-state index in [4.69, 9.17) is 14.6 Å². The smallest absolute Gasteiger partial charge is 0.238 e. The SMILES string of the molecule is CC(C)(C)c1ccc(CC(=O)C2(c3ccc4c(c3)OCO4)CC2)cc1-c1cccc(S(N)(=O)=O)c1.[HH]. The van der Waals surface area contributed by atoms with Gasteiger partial charge in [0.25, 0.3) is 0 Å². The average molecular weight is 494 g/mol. The lowest BCUT2D eigenvalue weighted by molar-refractivity contribution is -0.120. The number of ether oxygens (including phenoxy) is 2. The standard InChI is InChI=1S/C28H29NO5S.H2/c1-27(2,3)23-9-7-18(13-22(23)19-5-4-6-21(15-19)35(29,31)32)14-26(30)28(11-12-28)20-8-10-24-25(16-20)34-17-33-24;/h4-10,13,15-16H,11-12,14,17H2,1-3H3,(H2,29,31,32);1H. The van der Waals surface area contributed by atoms with Crippen molar-refractivity contribution >= 4 is 15.8 Å². The van der Waals surface area contributed by atoms with Crippen LogP contribution in [0.25, 0.3) is 11.1 Å². The molecule has 6 nitrogen and oxygen atoms in total. The number of sulfonamides is 1. The zero-order valence-electron chi connectivity index (χ0n) is 20.1. The summed E-state index contributed by atoms with van der Waals surface area (Å²) in [4.78, 5) is 13.6. The predicted molar refractivity (Wildman–Crippen MR) is 136 cm³/mol. The van der Waals surface area contributed by atoms with Crippen LogP contribution >= 0.6 is 0 Å². The van der Waals surface area contributed by atoms with Gasteiger partial charge in [-0.05, 0) is 70.3 Å². The topological polar surface area (TPSA) is 95.7 Å². The van der Waals surface area contributed by atoms with Crippen molar-refractivity contribution in [3.63, 3.8) is 0 Å². The third kappa shape index (κ3) is 4.46. The molecule has 1 heterocycles. The summed E-state index contributed by atoms with van der Waals surface area (Å²) < 4.78 is 34.8. The molecule has 2 N–H and O–H groups in total. The van der Waals surface area contributed by atoms with Gasteiger partial charge in [-0.25, -0.2) is 13.6 Å². The van der Waals surface area contributed by atoms with Crippen molar-refractivity contribution in [1.82, 2.24) is 0 Å². The summed E-state index contributed by atoms with van der Waals surface area (Å²) in [5.74, 6) is 1.57. The summed E-state index contributed by atoms with van der Waals surface area (Å²) in [5, 5.41) is 5.38. The normalized spacial score (nSPS) is 16.2. The van der Waals surface area contributed by atoms with Crippen LogP contribution in [0.3, 0.4) is 0 Å². The maximum Gasteiger partial charge on any atom is 0.238 e. The molecule has 0 bridgehead atoms. The molecule has 0 radical (unpaired) electrons. The van der Waals surface area contributed by atoms with Crippen molar-refractivity contribution in [3.05, 3.63) is 77.4 Å². The number of ketones is 1. The highest BCUT2D eigenvalue weighted by atomic mass is 32.2. The highest BCUT2D eigenvalue weighted by Gasteiger charge is 2.50. The number of carbonyl (C=O) groups excluding carboxylic acids is 1. The fourth-order valence-electron chi connectivity index (χ4n) is 4.84. The molecule has 1 aliphatic carbocycles. The molecule has 3 aromatic rings. The first kappa shape index (κ1) is 23.6. The van der Waals surface area contributed by atoms with Gasteiger partial charge in [-0.3, -0.25) is 4.79 Å². The quantitative estimate of drug-likeness (QED) is 0.514. The molecule has 3 aromatic carbocycles. The Morgan fingerprint density at radius 1 is 1.00 bits per heavy atom. The van der Waals surface area contributed by atoms with Crippen molar-refractivity contribution in [2.45, 2.75) is 55.8 Å². The molecule has 35 heavy (non-hydrogen) atoms. The Morgan fingerprint density at radius 3 is 2.43 bits per heavy atom. The largest absolute Gasteiger partial charge is 0.454 e. The number of hydrogen-bond donors (Lipinski definition) is 1. The molecule has 1 saturated carbocycles. The van der Waals surface area contributed by atoms with Crippen LogP contribution in [-0.2, 0) is 32.1 Å². The summed E-state index contributed by atoms with van der Waals surface area (Å²) in [6.45, 7) is 6.53. The minimum absolute atomic E-state index is 0. The van der Waals surface area contributed by atoms with Gasteiger partial charge in [-0.1, -0.05) is 57.2 Å². The van der Waals surface area contributed by atoms with Gasteiger partial charge in [-0.15, -0.1) is 0 Å². The average Bonchev–Trinajstić information content (AvgIpc) is 3.49. The van der Waals surface area contributed by atoms with E-state index in [0.29, 0.717) is 17.9 Å². The first-order valence-corrected chi connectivity index (χ1v) is 13.2. The molecule has 2 aliphatic rings. The minimum atomic E-state index is -3.83. The summed E-state index contributed by atoms with van der Waals surface area (Å²) in [6.07, 6.45) is 1.92. The summed E-state index contributed by atoms with van der Waals surface area (Å²) in [7, 11) is -3.83. The van der Waals surface area contributed by atoms with E-state index in [1.165, 1.54) is 6.07 Å². The van der Waals surface area contributed by atoms with Gasteiger partial charge in [0.15, 0.2) is 11.5 Å². The van der Waals surface area contributed by atoms with Crippen LogP contribution in [0.2, 0.25) is 0 Å². The van der Waals surface area contributed by atoms with E-state index in [0.717, 1.165) is 40.7 Å². The third-order valence-corrected chi connectivity index (χ3v) is 7.85. The Hall–Kier alpha value is -3.16. The maximum absolute atomic E-state index is 13.5. The van der Waals surface area contributed by atoms with Gasteiger partial charge in [-0.2, -0.15) is 0 Å².